The van der Waals surface area contributed by atoms with Gasteiger partial charge in [-0.25, -0.2) is 9.37 Å². The first-order chi connectivity index (χ1) is 13.7. The number of carbonyl (C=O) groups is 1. The van der Waals surface area contributed by atoms with E-state index in [4.69, 9.17) is 0 Å². The van der Waals surface area contributed by atoms with E-state index >= 15 is 0 Å². The molecule has 1 atom stereocenters. The average molecular weight is 410 g/mol. The molecule has 2 aromatic rings. The van der Waals surface area contributed by atoms with Crippen LogP contribution in [-0.2, 0) is 11.0 Å². The topological polar surface area (TPSA) is 48.5 Å². The van der Waals surface area contributed by atoms with Crippen LogP contribution < -0.4 is 10.2 Å². The molecule has 156 valence electrons. The number of halogens is 4. The number of amides is 1. The molecule has 1 aromatic heterocycles. The maximum absolute atomic E-state index is 13.0. The normalized spacial score (nSPS) is 16.5. The van der Waals surface area contributed by atoms with Crippen molar-refractivity contribution in [1.82, 2.24) is 15.2 Å². The lowest BCUT2D eigenvalue weighted by atomic mass is 10.1. The number of benzene rings is 1. The Hall–Kier alpha value is -2.68. The van der Waals surface area contributed by atoms with Gasteiger partial charge < -0.3 is 10.2 Å². The fraction of sp³-hybridized carbons (Fsp3) is 0.400. The van der Waals surface area contributed by atoms with Gasteiger partial charge in [-0.2, -0.15) is 13.2 Å². The van der Waals surface area contributed by atoms with Crippen LogP contribution in [0.4, 0.5) is 23.4 Å². The number of piperazine rings is 1. The van der Waals surface area contributed by atoms with Crippen LogP contribution in [0.3, 0.4) is 0 Å². The van der Waals surface area contributed by atoms with Crippen molar-refractivity contribution < 1.29 is 22.4 Å². The van der Waals surface area contributed by atoms with Crippen LogP contribution in [0, 0.1) is 5.82 Å². The maximum atomic E-state index is 13.0. The van der Waals surface area contributed by atoms with E-state index < -0.39 is 11.7 Å². The molecule has 5 nitrogen and oxygen atoms in total. The van der Waals surface area contributed by atoms with Gasteiger partial charge in [0.1, 0.15) is 11.6 Å². The molecule has 2 heterocycles. The van der Waals surface area contributed by atoms with Gasteiger partial charge in [0, 0.05) is 32.4 Å². The highest BCUT2D eigenvalue weighted by Crippen LogP contribution is 2.29. The third kappa shape index (κ3) is 5.66. The van der Waals surface area contributed by atoms with Gasteiger partial charge in [0.25, 0.3) is 0 Å². The van der Waals surface area contributed by atoms with Crippen LogP contribution in [-0.4, -0.2) is 48.5 Å². The van der Waals surface area contributed by atoms with Crippen LogP contribution in [0.1, 0.15) is 24.1 Å². The summed E-state index contributed by atoms with van der Waals surface area (Å²) in [7, 11) is 0. The van der Waals surface area contributed by atoms with E-state index in [0.29, 0.717) is 32.0 Å². The minimum atomic E-state index is -4.40. The zero-order chi connectivity index (χ0) is 21.0. The fourth-order valence-corrected chi connectivity index (χ4v) is 3.20. The van der Waals surface area contributed by atoms with E-state index in [-0.39, 0.29) is 24.3 Å². The highest BCUT2D eigenvalue weighted by molar-refractivity contribution is 5.78. The number of nitrogens with zero attached hydrogens (tertiary/aromatic N) is 3. The first-order valence-corrected chi connectivity index (χ1v) is 9.28. The lowest BCUT2D eigenvalue weighted by molar-refractivity contribution is -0.137. The molecule has 0 saturated carbocycles. The third-order valence-corrected chi connectivity index (χ3v) is 4.89. The third-order valence-electron chi connectivity index (χ3n) is 4.89. The Morgan fingerprint density at radius 2 is 1.76 bits per heavy atom. The highest BCUT2D eigenvalue weighted by atomic mass is 19.4. The zero-order valence-electron chi connectivity index (χ0n) is 15.9. The Balaban J connectivity index is 1.46. The van der Waals surface area contributed by atoms with Crippen molar-refractivity contribution in [2.24, 2.45) is 0 Å². The first-order valence-electron chi connectivity index (χ1n) is 9.28. The summed E-state index contributed by atoms with van der Waals surface area (Å²) in [5, 5.41) is 2.89. The molecule has 1 aliphatic rings. The molecule has 3 rings (SSSR count). The van der Waals surface area contributed by atoms with Crippen molar-refractivity contribution in [3.05, 3.63) is 59.5 Å². The Labute approximate surface area is 166 Å². The molecule has 1 aliphatic heterocycles. The van der Waals surface area contributed by atoms with Crippen molar-refractivity contribution in [2.75, 3.05) is 37.6 Å². The van der Waals surface area contributed by atoms with Crippen LogP contribution >= 0.6 is 0 Å². The van der Waals surface area contributed by atoms with Crippen molar-refractivity contribution in [2.45, 2.75) is 19.1 Å². The van der Waals surface area contributed by atoms with Crippen LogP contribution in [0.5, 0.6) is 0 Å². The lowest BCUT2D eigenvalue weighted by Crippen LogP contribution is -2.49. The van der Waals surface area contributed by atoms with E-state index in [9.17, 15) is 22.4 Å². The lowest BCUT2D eigenvalue weighted by Gasteiger charge is -2.35. The van der Waals surface area contributed by atoms with Crippen molar-refractivity contribution in [3.63, 3.8) is 0 Å². The number of aromatic nitrogens is 1. The quantitative estimate of drug-likeness (QED) is 0.769. The number of hydrogen-bond acceptors (Lipinski definition) is 4. The van der Waals surface area contributed by atoms with Crippen LogP contribution in [0.25, 0.3) is 0 Å². The highest BCUT2D eigenvalue weighted by Gasteiger charge is 2.31. The molecule has 1 N–H and O–H groups in total. The molecule has 1 amide bonds. The fourth-order valence-electron chi connectivity index (χ4n) is 3.20. The largest absolute Gasteiger partial charge is 0.417 e. The van der Waals surface area contributed by atoms with Gasteiger partial charge in [-0.05, 0) is 36.8 Å². The molecule has 0 spiro atoms. The number of hydrogen-bond donors (Lipinski definition) is 1. The van der Waals surface area contributed by atoms with Gasteiger partial charge in [0.15, 0.2) is 0 Å². The number of alkyl halides is 3. The second-order valence-corrected chi connectivity index (χ2v) is 7.01. The molecule has 9 heteroatoms. The molecule has 0 bridgehead atoms. The van der Waals surface area contributed by atoms with E-state index in [2.05, 4.69) is 10.3 Å². The minimum absolute atomic E-state index is 0.136. The smallest absolute Gasteiger partial charge is 0.354 e. The Bertz CT molecular complexity index is 816. The number of anilines is 1. The molecule has 0 radical (unpaired) electrons. The van der Waals surface area contributed by atoms with E-state index in [1.807, 2.05) is 16.7 Å². The van der Waals surface area contributed by atoms with Crippen molar-refractivity contribution in [1.29, 1.82) is 0 Å². The molecule has 1 aromatic carbocycles. The van der Waals surface area contributed by atoms with E-state index in [0.717, 1.165) is 17.8 Å². The summed E-state index contributed by atoms with van der Waals surface area (Å²) in [4.78, 5) is 20.1. The van der Waals surface area contributed by atoms with Crippen molar-refractivity contribution in [3.8, 4) is 0 Å². The van der Waals surface area contributed by atoms with Gasteiger partial charge in [0.2, 0.25) is 5.91 Å². The van der Waals surface area contributed by atoms with Gasteiger partial charge in [-0.15, -0.1) is 0 Å². The van der Waals surface area contributed by atoms with Gasteiger partial charge >= 0.3 is 6.18 Å². The average Bonchev–Trinajstić information content (AvgIpc) is 2.68. The Morgan fingerprint density at radius 1 is 1.10 bits per heavy atom. The molecule has 1 unspecified atom stereocenters. The summed E-state index contributed by atoms with van der Waals surface area (Å²) in [6.45, 7) is 4.39. The summed E-state index contributed by atoms with van der Waals surface area (Å²) in [5.41, 5.74) is 0.0461. The van der Waals surface area contributed by atoms with Gasteiger partial charge in [-0.3, -0.25) is 9.69 Å². The van der Waals surface area contributed by atoms with E-state index in [1.54, 1.807) is 12.1 Å². The predicted molar refractivity (Wildman–Crippen MR) is 101 cm³/mol. The number of pyridine rings is 1. The summed E-state index contributed by atoms with van der Waals surface area (Å²) in [6.07, 6.45) is -3.56. The summed E-state index contributed by atoms with van der Waals surface area (Å²) >= 11 is 0. The zero-order valence-corrected chi connectivity index (χ0v) is 15.9. The molecule has 29 heavy (non-hydrogen) atoms. The molecule has 0 aliphatic carbocycles. The monoisotopic (exact) mass is 410 g/mol. The Kier molecular flexibility index (Phi) is 6.36. The molecular formula is C20H22F4N4O. The van der Waals surface area contributed by atoms with Gasteiger partial charge in [0.05, 0.1) is 18.2 Å². The molecule has 1 saturated heterocycles. The SMILES string of the molecule is CC(NC(=O)CN1CCN(c2ccc(C(F)(F)F)cn2)CC1)c1ccc(F)cc1. The molecular weight excluding hydrogens is 388 g/mol. The van der Waals surface area contributed by atoms with Crippen LogP contribution in [0.15, 0.2) is 42.6 Å². The standard InChI is InChI=1S/C20H22F4N4O/c1-14(15-2-5-17(21)6-3-15)26-19(29)13-27-8-10-28(11-9-27)18-7-4-16(12-25-18)20(22,23)24/h2-7,12,14H,8-11,13H2,1H3,(H,26,29). The van der Waals surface area contributed by atoms with E-state index in [1.165, 1.54) is 18.2 Å². The Morgan fingerprint density at radius 3 is 2.31 bits per heavy atom. The number of nitrogens with one attached hydrogen (secondary N) is 1. The summed E-state index contributed by atoms with van der Waals surface area (Å²) in [6, 6.07) is 8.14. The molecule has 1 fully saturated rings. The predicted octanol–water partition coefficient (Wildman–Crippen LogP) is 3.24. The maximum Gasteiger partial charge on any atom is 0.417 e. The summed E-state index contributed by atoms with van der Waals surface area (Å²) < 4.78 is 50.9. The first kappa shape index (κ1) is 21.0. The number of carbonyl (C=O) groups excluding carboxylic acids is 1. The van der Waals surface area contributed by atoms with Gasteiger partial charge in [-0.1, -0.05) is 12.1 Å². The van der Waals surface area contributed by atoms with Crippen LogP contribution in [0.2, 0.25) is 0 Å². The second-order valence-electron chi connectivity index (χ2n) is 7.01. The van der Waals surface area contributed by atoms with Crippen molar-refractivity contribution >= 4 is 11.7 Å². The minimum Gasteiger partial charge on any atom is -0.354 e. The number of rotatable bonds is 5. The summed E-state index contributed by atoms with van der Waals surface area (Å²) in [5.74, 6) is 0.0302. The second kappa shape index (κ2) is 8.77.